The monoisotopic (exact) mass is 265 g/mol. The fourth-order valence-electron chi connectivity index (χ4n) is 1.93. The van der Waals surface area contributed by atoms with Crippen LogP contribution in [0.3, 0.4) is 0 Å². The molecule has 2 unspecified atom stereocenters. The molecule has 1 amide bonds. The number of hydrogen-bond acceptors (Lipinski definition) is 4. The number of amides is 1. The summed E-state index contributed by atoms with van der Waals surface area (Å²) < 4.78 is 5.62. The lowest BCUT2D eigenvalue weighted by atomic mass is 10.3. The highest BCUT2D eigenvalue weighted by molar-refractivity contribution is 5.91. The molecule has 5 nitrogen and oxygen atoms in total. The molecule has 0 bridgehead atoms. The molecule has 1 heterocycles. The maximum Gasteiger partial charge on any atom is 0.244 e. The van der Waals surface area contributed by atoms with E-state index in [9.17, 15) is 4.79 Å². The average Bonchev–Trinajstić information content (AvgIpc) is 2.96. The van der Waals surface area contributed by atoms with Crippen molar-refractivity contribution in [3.8, 4) is 0 Å². The molecular formula is C14H19NO4. The second-order valence-electron chi connectivity index (χ2n) is 4.96. The molecule has 0 spiro atoms. The van der Waals surface area contributed by atoms with Crippen LogP contribution in [0.4, 0.5) is 0 Å². The van der Waals surface area contributed by atoms with Crippen molar-refractivity contribution in [2.45, 2.75) is 25.3 Å². The van der Waals surface area contributed by atoms with Crippen LogP contribution >= 0.6 is 0 Å². The van der Waals surface area contributed by atoms with E-state index in [1.807, 2.05) is 12.1 Å². The molecule has 0 aliphatic heterocycles. The van der Waals surface area contributed by atoms with Gasteiger partial charge in [-0.15, -0.1) is 0 Å². The van der Waals surface area contributed by atoms with Crippen LogP contribution in [0.2, 0.25) is 0 Å². The lowest BCUT2D eigenvalue weighted by Gasteiger charge is -2.10. The number of aliphatic hydroxyl groups excluding tert-OH is 2. The first-order valence-electron chi connectivity index (χ1n) is 6.44. The van der Waals surface area contributed by atoms with Gasteiger partial charge in [-0.3, -0.25) is 4.79 Å². The van der Waals surface area contributed by atoms with Crippen LogP contribution in [0.5, 0.6) is 0 Å². The van der Waals surface area contributed by atoms with Gasteiger partial charge in [0.05, 0.1) is 19.3 Å². The van der Waals surface area contributed by atoms with Gasteiger partial charge < -0.3 is 19.9 Å². The summed E-state index contributed by atoms with van der Waals surface area (Å²) in [5, 5.41) is 20.1. The average molecular weight is 265 g/mol. The molecule has 0 radical (unpaired) electrons. The zero-order chi connectivity index (χ0) is 13.8. The summed E-state index contributed by atoms with van der Waals surface area (Å²) in [4.78, 5) is 11.5. The maximum absolute atomic E-state index is 11.5. The molecule has 2 atom stereocenters. The van der Waals surface area contributed by atoms with Gasteiger partial charge in [0.2, 0.25) is 5.91 Å². The van der Waals surface area contributed by atoms with Gasteiger partial charge in [-0.25, -0.2) is 0 Å². The summed E-state index contributed by atoms with van der Waals surface area (Å²) >= 11 is 0. The Morgan fingerprint density at radius 1 is 1.53 bits per heavy atom. The zero-order valence-corrected chi connectivity index (χ0v) is 10.9. The van der Waals surface area contributed by atoms with Crippen molar-refractivity contribution in [3.05, 3.63) is 29.7 Å². The van der Waals surface area contributed by atoms with Gasteiger partial charge in [0.25, 0.3) is 0 Å². The first kappa shape index (κ1) is 13.8. The van der Waals surface area contributed by atoms with E-state index >= 15 is 0 Å². The van der Waals surface area contributed by atoms with Crippen molar-refractivity contribution >= 4 is 12.0 Å². The summed E-state index contributed by atoms with van der Waals surface area (Å²) in [6, 6.07) is 3.15. The molecule has 1 aliphatic carbocycles. The number of rotatable bonds is 6. The van der Waals surface area contributed by atoms with Gasteiger partial charge in [-0.2, -0.15) is 0 Å². The van der Waals surface area contributed by atoms with Gasteiger partial charge in [0.15, 0.2) is 0 Å². The first-order chi connectivity index (χ1) is 9.13. The number of aliphatic hydroxyl groups is 2. The number of hydrogen-bond donors (Lipinski definition) is 3. The van der Waals surface area contributed by atoms with Crippen LogP contribution in [-0.4, -0.2) is 35.4 Å². The van der Waals surface area contributed by atoms with E-state index in [-0.39, 0.29) is 19.1 Å². The van der Waals surface area contributed by atoms with E-state index in [2.05, 4.69) is 12.2 Å². The number of furan rings is 1. The Balaban J connectivity index is 1.87. The minimum absolute atomic E-state index is 0.291. The molecule has 19 heavy (non-hydrogen) atoms. The Hall–Kier alpha value is -1.59. The van der Waals surface area contributed by atoms with Crippen molar-refractivity contribution in [2.75, 3.05) is 13.2 Å². The van der Waals surface area contributed by atoms with Crippen molar-refractivity contribution in [2.24, 2.45) is 5.92 Å². The SMILES string of the molecule is CC1CC1c1ccc(C=CC(=O)NC(CO)CO)o1. The molecule has 1 saturated carbocycles. The Morgan fingerprint density at radius 3 is 2.79 bits per heavy atom. The van der Waals surface area contributed by atoms with Crippen LogP contribution in [-0.2, 0) is 4.79 Å². The van der Waals surface area contributed by atoms with E-state index in [4.69, 9.17) is 14.6 Å². The third-order valence-corrected chi connectivity index (χ3v) is 3.31. The van der Waals surface area contributed by atoms with Crippen LogP contribution in [0, 0.1) is 5.92 Å². The summed E-state index contributed by atoms with van der Waals surface area (Å²) in [6.07, 6.45) is 4.07. The second kappa shape index (κ2) is 6.04. The second-order valence-corrected chi connectivity index (χ2v) is 4.96. The third-order valence-electron chi connectivity index (χ3n) is 3.31. The lowest BCUT2D eigenvalue weighted by Crippen LogP contribution is -2.39. The predicted molar refractivity (Wildman–Crippen MR) is 70.4 cm³/mol. The molecule has 1 aromatic rings. The summed E-state index contributed by atoms with van der Waals surface area (Å²) in [5.74, 6) is 2.43. The highest BCUT2D eigenvalue weighted by Crippen LogP contribution is 2.47. The lowest BCUT2D eigenvalue weighted by molar-refractivity contribution is -0.117. The normalized spacial score (nSPS) is 22.1. The number of nitrogens with one attached hydrogen (secondary N) is 1. The van der Waals surface area contributed by atoms with E-state index in [0.29, 0.717) is 17.6 Å². The molecule has 1 fully saturated rings. The van der Waals surface area contributed by atoms with Crippen molar-refractivity contribution in [3.63, 3.8) is 0 Å². The fraction of sp³-hybridized carbons (Fsp3) is 0.500. The van der Waals surface area contributed by atoms with E-state index < -0.39 is 6.04 Å². The van der Waals surface area contributed by atoms with Gasteiger partial charge in [0, 0.05) is 12.0 Å². The highest BCUT2D eigenvalue weighted by Gasteiger charge is 2.36. The summed E-state index contributed by atoms with van der Waals surface area (Å²) in [7, 11) is 0. The largest absolute Gasteiger partial charge is 0.461 e. The van der Waals surface area contributed by atoms with E-state index in [1.54, 1.807) is 6.08 Å². The molecule has 2 rings (SSSR count). The molecule has 3 N–H and O–H groups in total. The Labute approximate surface area is 111 Å². The Bertz CT molecular complexity index is 462. The number of carbonyl (C=O) groups excluding carboxylic acids is 1. The summed E-state index contributed by atoms with van der Waals surface area (Å²) in [5.41, 5.74) is 0. The van der Waals surface area contributed by atoms with Crippen molar-refractivity contribution in [1.82, 2.24) is 5.32 Å². The van der Waals surface area contributed by atoms with Gasteiger partial charge in [-0.1, -0.05) is 6.92 Å². The minimum atomic E-state index is -0.628. The van der Waals surface area contributed by atoms with Crippen LogP contribution in [0.15, 0.2) is 22.6 Å². The Kier molecular flexibility index (Phi) is 4.39. The quantitative estimate of drug-likeness (QED) is 0.667. The fourth-order valence-corrected chi connectivity index (χ4v) is 1.93. The van der Waals surface area contributed by atoms with E-state index in [1.165, 1.54) is 6.08 Å². The molecular weight excluding hydrogens is 246 g/mol. The van der Waals surface area contributed by atoms with Crippen molar-refractivity contribution < 1.29 is 19.4 Å². The van der Waals surface area contributed by atoms with Crippen LogP contribution in [0.1, 0.15) is 30.8 Å². The topological polar surface area (TPSA) is 82.7 Å². The minimum Gasteiger partial charge on any atom is -0.461 e. The zero-order valence-electron chi connectivity index (χ0n) is 10.9. The van der Waals surface area contributed by atoms with Crippen molar-refractivity contribution in [1.29, 1.82) is 0 Å². The third kappa shape index (κ3) is 3.68. The van der Waals surface area contributed by atoms with Gasteiger partial charge >= 0.3 is 0 Å². The highest BCUT2D eigenvalue weighted by atomic mass is 16.3. The van der Waals surface area contributed by atoms with Gasteiger partial charge in [0.1, 0.15) is 11.5 Å². The number of carbonyl (C=O) groups is 1. The predicted octanol–water partition coefficient (Wildman–Crippen LogP) is 0.886. The molecule has 1 aromatic heterocycles. The molecule has 0 aromatic carbocycles. The molecule has 1 aliphatic rings. The summed E-state index contributed by atoms with van der Waals surface area (Å²) in [6.45, 7) is 1.60. The van der Waals surface area contributed by atoms with Crippen LogP contribution in [0.25, 0.3) is 6.08 Å². The standard InChI is InChI=1S/C14H19NO4/c1-9-6-12(9)13-4-2-11(19-13)3-5-14(18)15-10(7-16)8-17/h2-5,9-10,12,16-17H,6-8H2,1H3,(H,15,18). The first-order valence-corrected chi connectivity index (χ1v) is 6.44. The molecule has 0 saturated heterocycles. The van der Waals surface area contributed by atoms with Gasteiger partial charge in [-0.05, 0) is 30.5 Å². The van der Waals surface area contributed by atoms with Crippen LogP contribution < -0.4 is 5.32 Å². The maximum atomic E-state index is 11.5. The smallest absolute Gasteiger partial charge is 0.244 e. The van der Waals surface area contributed by atoms with E-state index in [0.717, 1.165) is 12.2 Å². The molecule has 5 heteroatoms. The molecule has 104 valence electrons. The Morgan fingerprint density at radius 2 is 2.21 bits per heavy atom.